The Morgan fingerprint density at radius 1 is 1.07 bits per heavy atom. The first kappa shape index (κ1) is 20.4. The lowest BCUT2D eigenvalue weighted by Gasteiger charge is -2.13. The van der Waals surface area contributed by atoms with Gasteiger partial charge in [0.1, 0.15) is 0 Å². The highest BCUT2D eigenvalue weighted by Crippen LogP contribution is 2.17. The predicted octanol–water partition coefficient (Wildman–Crippen LogP) is 2.72. The minimum Gasteiger partial charge on any atom is -0.481 e. The molecule has 1 amide bonds. The van der Waals surface area contributed by atoms with Crippen molar-refractivity contribution in [2.24, 2.45) is 5.92 Å². The molecule has 1 atom stereocenters. The van der Waals surface area contributed by atoms with Crippen LogP contribution in [0.1, 0.15) is 30.1 Å². The minimum absolute atomic E-state index is 0.0159. The van der Waals surface area contributed by atoms with Gasteiger partial charge >= 0.3 is 5.97 Å². The molecular formula is C19H22N2O5S. The maximum Gasteiger partial charge on any atom is 0.308 e. The third kappa shape index (κ3) is 5.82. The van der Waals surface area contributed by atoms with E-state index in [2.05, 4.69) is 10.0 Å². The highest BCUT2D eigenvalue weighted by atomic mass is 32.2. The van der Waals surface area contributed by atoms with Crippen molar-refractivity contribution in [3.63, 3.8) is 0 Å². The zero-order chi connectivity index (χ0) is 19.9. The topological polar surface area (TPSA) is 113 Å². The van der Waals surface area contributed by atoms with E-state index in [4.69, 9.17) is 5.11 Å². The van der Waals surface area contributed by atoms with Crippen molar-refractivity contribution in [2.45, 2.75) is 24.7 Å². The number of rotatable bonds is 9. The molecular weight excluding hydrogens is 368 g/mol. The zero-order valence-corrected chi connectivity index (χ0v) is 15.7. The number of aliphatic carboxylic acids is 1. The van der Waals surface area contributed by atoms with Crippen LogP contribution >= 0.6 is 0 Å². The van der Waals surface area contributed by atoms with Crippen LogP contribution in [0, 0.1) is 5.92 Å². The Balaban J connectivity index is 2.08. The molecule has 2 aromatic rings. The maximum atomic E-state index is 12.4. The Bertz CT molecular complexity index is 897. The second-order valence-electron chi connectivity index (χ2n) is 6.03. The molecule has 0 bridgehead atoms. The second kappa shape index (κ2) is 9.18. The lowest BCUT2D eigenvalue weighted by atomic mass is 10.0. The SMILES string of the molecule is CCCC(CNC(=O)c1cccc(NS(=O)(=O)c2ccccc2)c1)C(=O)O. The quantitative estimate of drug-likeness (QED) is 0.609. The molecule has 3 N–H and O–H groups in total. The number of anilines is 1. The molecule has 2 rings (SSSR count). The minimum atomic E-state index is -3.76. The van der Waals surface area contributed by atoms with Gasteiger partial charge in [-0.1, -0.05) is 37.6 Å². The van der Waals surface area contributed by atoms with Gasteiger partial charge in [-0.2, -0.15) is 0 Å². The largest absolute Gasteiger partial charge is 0.481 e. The molecule has 0 fully saturated rings. The van der Waals surface area contributed by atoms with E-state index in [1.165, 1.54) is 30.3 Å². The van der Waals surface area contributed by atoms with Crippen LogP contribution in [0.4, 0.5) is 5.69 Å². The Hall–Kier alpha value is -2.87. The van der Waals surface area contributed by atoms with Gasteiger partial charge in [0.25, 0.3) is 15.9 Å². The number of carboxylic acid groups (broad SMARTS) is 1. The van der Waals surface area contributed by atoms with Gasteiger partial charge in [-0.05, 0) is 36.8 Å². The summed E-state index contributed by atoms with van der Waals surface area (Å²) in [6.07, 6.45) is 1.16. The van der Waals surface area contributed by atoms with Crippen LogP contribution < -0.4 is 10.0 Å². The van der Waals surface area contributed by atoms with E-state index < -0.39 is 27.8 Å². The number of carbonyl (C=O) groups is 2. The standard InChI is InChI=1S/C19H22N2O5S/c1-2-7-15(19(23)24)13-20-18(22)14-8-6-9-16(12-14)21-27(25,26)17-10-4-3-5-11-17/h3-6,8-12,15,21H,2,7,13H2,1H3,(H,20,22)(H,23,24). The number of hydrogen-bond donors (Lipinski definition) is 3. The summed E-state index contributed by atoms with van der Waals surface area (Å²) in [5.41, 5.74) is 0.485. The van der Waals surface area contributed by atoms with Crippen LogP contribution in [-0.2, 0) is 14.8 Å². The first-order valence-corrected chi connectivity index (χ1v) is 10.0. The van der Waals surface area contributed by atoms with Crippen LogP contribution in [-0.4, -0.2) is 31.9 Å². The van der Waals surface area contributed by atoms with Gasteiger partial charge in [0, 0.05) is 17.8 Å². The van der Waals surface area contributed by atoms with E-state index in [0.717, 1.165) is 0 Å². The number of carboxylic acids is 1. The van der Waals surface area contributed by atoms with Crippen LogP contribution in [0.2, 0.25) is 0 Å². The van der Waals surface area contributed by atoms with Crippen LogP contribution in [0.15, 0.2) is 59.5 Å². The van der Waals surface area contributed by atoms with Gasteiger partial charge in [0.2, 0.25) is 0 Å². The summed E-state index contributed by atoms with van der Waals surface area (Å²) in [5, 5.41) is 11.7. The lowest BCUT2D eigenvalue weighted by Crippen LogP contribution is -2.33. The summed E-state index contributed by atoms with van der Waals surface area (Å²) in [6, 6.07) is 13.9. The van der Waals surface area contributed by atoms with Crippen molar-refractivity contribution in [3.05, 3.63) is 60.2 Å². The molecule has 0 heterocycles. The molecule has 0 saturated heterocycles. The molecule has 8 heteroatoms. The summed E-state index contributed by atoms with van der Waals surface area (Å²) >= 11 is 0. The fourth-order valence-corrected chi connectivity index (χ4v) is 3.59. The molecule has 0 aliphatic rings. The van der Waals surface area contributed by atoms with Gasteiger partial charge in [0.15, 0.2) is 0 Å². The average molecular weight is 390 g/mol. The Morgan fingerprint density at radius 3 is 2.41 bits per heavy atom. The first-order valence-electron chi connectivity index (χ1n) is 8.52. The molecule has 0 aliphatic heterocycles. The Kier molecular flexibility index (Phi) is 6.95. The fourth-order valence-electron chi connectivity index (χ4n) is 2.52. The predicted molar refractivity (Wildman–Crippen MR) is 102 cm³/mol. The molecule has 0 aliphatic carbocycles. The monoisotopic (exact) mass is 390 g/mol. The van der Waals surface area contributed by atoms with Gasteiger partial charge in [-0.15, -0.1) is 0 Å². The van der Waals surface area contributed by atoms with Gasteiger partial charge < -0.3 is 10.4 Å². The summed E-state index contributed by atoms with van der Waals surface area (Å²) in [5.74, 6) is -2.07. The number of carbonyl (C=O) groups excluding carboxylic acids is 1. The second-order valence-corrected chi connectivity index (χ2v) is 7.72. The first-order chi connectivity index (χ1) is 12.8. The number of sulfonamides is 1. The van der Waals surface area contributed by atoms with Crippen LogP contribution in [0.25, 0.3) is 0 Å². The highest BCUT2D eigenvalue weighted by molar-refractivity contribution is 7.92. The van der Waals surface area contributed by atoms with Crippen LogP contribution in [0.5, 0.6) is 0 Å². The molecule has 144 valence electrons. The summed E-state index contributed by atoms with van der Waals surface area (Å²) in [7, 11) is -3.76. The number of benzene rings is 2. The zero-order valence-electron chi connectivity index (χ0n) is 14.9. The maximum absolute atomic E-state index is 12.4. The molecule has 1 unspecified atom stereocenters. The Morgan fingerprint density at radius 2 is 1.78 bits per heavy atom. The summed E-state index contributed by atoms with van der Waals surface area (Å²) < 4.78 is 27.2. The summed E-state index contributed by atoms with van der Waals surface area (Å²) in [6.45, 7) is 1.89. The van der Waals surface area contributed by atoms with Crippen molar-refractivity contribution in [1.82, 2.24) is 5.32 Å². The van der Waals surface area contributed by atoms with Crippen molar-refractivity contribution in [3.8, 4) is 0 Å². The van der Waals surface area contributed by atoms with E-state index in [1.54, 1.807) is 24.3 Å². The molecule has 0 spiro atoms. The molecule has 0 radical (unpaired) electrons. The molecule has 7 nitrogen and oxygen atoms in total. The molecule has 0 aromatic heterocycles. The van der Waals surface area contributed by atoms with Crippen molar-refractivity contribution < 1.29 is 23.1 Å². The van der Waals surface area contributed by atoms with Crippen molar-refractivity contribution in [1.29, 1.82) is 0 Å². The van der Waals surface area contributed by atoms with Crippen molar-refractivity contribution >= 4 is 27.6 Å². The third-order valence-corrected chi connectivity index (χ3v) is 5.32. The fraction of sp³-hybridized carbons (Fsp3) is 0.263. The normalized spacial score (nSPS) is 12.2. The van der Waals surface area contributed by atoms with E-state index in [0.29, 0.717) is 12.8 Å². The van der Waals surface area contributed by atoms with Crippen LogP contribution in [0.3, 0.4) is 0 Å². The lowest BCUT2D eigenvalue weighted by molar-refractivity contribution is -0.141. The van der Waals surface area contributed by atoms with Gasteiger partial charge in [0.05, 0.1) is 10.8 Å². The number of nitrogens with one attached hydrogen (secondary N) is 2. The van der Waals surface area contributed by atoms with Gasteiger partial charge in [-0.25, -0.2) is 8.42 Å². The summed E-state index contributed by atoms with van der Waals surface area (Å²) in [4.78, 5) is 23.6. The third-order valence-electron chi connectivity index (χ3n) is 3.93. The number of amides is 1. The molecule has 27 heavy (non-hydrogen) atoms. The van der Waals surface area contributed by atoms with E-state index in [-0.39, 0.29) is 22.7 Å². The van der Waals surface area contributed by atoms with E-state index in [1.807, 2.05) is 6.92 Å². The highest BCUT2D eigenvalue weighted by Gasteiger charge is 2.18. The van der Waals surface area contributed by atoms with E-state index in [9.17, 15) is 18.0 Å². The Labute approximate surface area is 158 Å². The molecule has 2 aromatic carbocycles. The van der Waals surface area contributed by atoms with E-state index >= 15 is 0 Å². The van der Waals surface area contributed by atoms with Crippen molar-refractivity contribution in [2.75, 3.05) is 11.3 Å². The smallest absolute Gasteiger partial charge is 0.308 e. The average Bonchev–Trinajstić information content (AvgIpc) is 2.65. The molecule has 0 saturated carbocycles. The van der Waals surface area contributed by atoms with Gasteiger partial charge in [-0.3, -0.25) is 14.3 Å². The number of hydrogen-bond acceptors (Lipinski definition) is 4.